The van der Waals surface area contributed by atoms with Crippen LogP contribution in [-0.4, -0.2) is 22.1 Å². The molecule has 1 unspecified atom stereocenters. The van der Waals surface area contributed by atoms with Crippen molar-refractivity contribution in [1.82, 2.24) is 4.98 Å². The van der Waals surface area contributed by atoms with Crippen LogP contribution in [0, 0.1) is 27.7 Å². The van der Waals surface area contributed by atoms with Gasteiger partial charge in [0, 0.05) is 50.2 Å². The van der Waals surface area contributed by atoms with E-state index in [-0.39, 0.29) is 6.17 Å². The number of hydrogen-bond donors (Lipinski definition) is 2. The molecule has 2 aliphatic carbocycles. The minimum atomic E-state index is -0.274. The van der Waals surface area contributed by atoms with Crippen LogP contribution >= 0.6 is 0 Å². The molecule has 5 nitrogen and oxygen atoms in total. The van der Waals surface area contributed by atoms with Gasteiger partial charge in [-0.15, -0.1) is 0 Å². The first-order valence-electron chi connectivity index (χ1n) is 15.7. The van der Waals surface area contributed by atoms with E-state index in [0.29, 0.717) is 0 Å². The zero-order valence-electron chi connectivity index (χ0n) is 26.2. The van der Waals surface area contributed by atoms with E-state index in [1.165, 1.54) is 16.7 Å². The Bertz CT molecular complexity index is 2430. The van der Waals surface area contributed by atoms with Crippen molar-refractivity contribution in [1.29, 1.82) is 0 Å². The van der Waals surface area contributed by atoms with Gasteiger partial charge in [-0.25, -0.2) is 9.98 Å². The Morgan fingerprint density at radius 2 is 1.37 bits per heavy atom. The van der Waals surface area contributed by atoms with Gasteiger partial charge in [-0.1, -0.05) is 89.2 Å². The molecule has 8 bridgehead atoms. The molecule has 0 spiro atoms. The number of hydrogen-bond acceptors (Lipinski definition) is 4. The maximum absolute atomic E-state index is 5.30. The molecule has 0 saturated heterocycles. The van der Waals surface area contributed by atoms with Crippen LogP contribution in [-0.2, 0) is 0 Å². The van der Waals surface area contributed by atoms with Crippen LogP contribution in [0.4, 0.5) is 11.6 Å². The summed E-state index contributed by atoms with van der Waals surface area (Å²) in [7, 11) is 0. The van der Waals surface area contributed by atoms with Gasteiger partial charge >= 0.3 is 0 Å². The number of anilines is 1. The number of aromatic amines is 1. The predicted octanol–water partition coefficient (Wildman–Crippen LogP) is 9.40. The monoisotopic (exact) mass is 593 g/mol. The lowest BCUT2D eigenvalue weighted by Gasteiger charge is -2.15. The molecule has 220 valence electrons. The van der Waals surface area contributed by atoms with Gasteiger partial charge in [-0.3, -0.25) is 4.99 Å². The van der Waals surface area contributed by atoms with Gasteiger partial charge in [0.1, 0.15) is 23.5 Å². The fourth-order valence-electron chi connectivity index (χ4n) is 7.05. The average molecular weight is 594 g/mol. The number of nitrogens with one attached hydrogen (secondary N) is 2. The summed E-state index contributed by atoms with van der Waals surface area (Å²) in [6.07, 6.45) is 3.89. The first kappa shape index (κ1) is 26.6. The van der Waals surface area contributed by atoms with Crippen molar-refractivity contribution in [2.45, 2.75) is 33.9 Å². The number of aromatic nitrogens is 1. The summed E-state index contributed by atoms with van der Waals surface area (Å²) < 4.78 is 0. The van der Waals surface area contributed by atoms with Crippen molar-refractivity contribution in [2.24, 2.45) is 15.0 Å². The number of aryl methyl sites for hydroxylation is 4. The quantitative estimate of drug-likeness (QED) is 0.173. The first-order chi connectivity index (χ1) is 22.3. The van der Waals surface area contributed by atoms with Gasteiger partial charge in [0.05, 0.1) is 17.1 Å². The van der Waals surface area contributed by atoms with Crippen molar-refractivity contribution < 1.29 is 0 Å². The largest absolute Gasteiger partial charge is 0.346 e. The Hall–Kier alpha value is -5.77. The summed E-state index contributed by atoms with van der Waals surface area (Å²) in [6, 6.07) is 26.1. The molecule has 0 saturated carbocycles. The number of fused-ring (bicyclic) bond motifs is 18. The van der Waals surface area contributed by atoms with Crippen LogP contribution in [0.25, 0.3) is 22.0 Å². The maximum atomic E-state index is 5.30. The standard InChI is InChI=1S/C41H31N5/c1-21-7-11-27-31(16-21)30-20-37-33-18-23(3)8-12-28(33)39(44-37)45-40-29-13-9-24(4)19-34(29)41(46-40)43-36-15-14-35(42-38(27)25(30)5)26-10-6-22(2)17-32(26)36/h6-13,15-20,39,45-46H,5H2,1-4H3/b30-20+,42-38?,43-36?. The number of benzene rings is 4. The molecule has 5 heteroatoms. The second-order valence-corrected chi connectivity index (χ2v) is 12.8. The minimum Gasteiger partial charge on any atom is -0.346 e. The highest BCUT2D eigenvalue weighted by Crippen LogP contribution is 2.42. The third-order valence-electron chi connectivity index (χ3n) is 9.39. The Kier molecular flexibility index (Phi) is 5.56. The normalized spacial score (nSPS) is 18.5. The summed E-state index contributed by atoms with van der Waals surface area (Å²) in [6.45, 7) is 13.1. The third-order valence-corrected chi connectivity index (χ3v) is 9.39. The van der Waals surface area contributed by atoms with Crippen molar-refractivity contribution in [3.8, 4) is 0 Å². The summed E-state index contributed by atoms with van der Waals surface area (Å²) in [4.78, 5) is 19.5. The number of rotatable bonds is 0. The van der Waals surface area contributed by atoms with Crippen LogP contribution in [0.2, 0.25) is 0 Å². The van der Waals surface area contributed by atoms with Crippen LogP contribution in [0.15, 0.2) is 118 Å². The Balaban J connectivity index is 1.37. The van der Waals surface area contributed by atoms with Gasteiger partial charge in [-0.05, 0) is 63.1 Å². The number of allylic oxidation sites excluding steroid dienone is 4. The molecule has 2 N–H and O–H groups in total. The van der Waals surface area contributed by atoms with E-state index >= 15 is 0 Å². The Morgan fingerprint density at radius 1 is 0.674 bits per heavy atom. The average Bonchev–Trinajstić information content (AvgIpc) is 3.63. The molecule has 3 heterocycles. The minimum absolute atomic E-state index is 0.274. The first-order valence-corrected chi connectivity index (χ1v) is 15.7. The molecule has 46 heavy (non-hydrogen) atoms. The van der Waals surface area contributed by atoms with E-state index in [1.807, 2.05) is 6.08 Å². The van der Waals surface area contributed by atoms with Crippen molar-refractivity contribution in [3.63, 3.8) is 0 Å². The molecule has 1 aromatic heterocycles. The zero-order valence-corrected chi connectivity index (χ0v) is 26.2. The van der Waals surface area contributed by atoms with Crippen molar-refractivity contribution >= 4 is 50.8 Å². The maximum Gasteiger partial charge on any atom is 0.147 e. The number of aliphatic imine (C=N–C) groups is 3. The van der Waals surface area contributed by atoms with E-state index in [9.17, 15) is 0 Å². The van der Waals surface area contributed by atoms with Gasteiger partial charge in [0.15, 0.2) is 0 Å². The summed E-state index contributed by atoms with van der Waals surface area (Å²) in [5.74, 6) is 1.69. The molecule has 0 radical (unpaired) electrons. The molecule has 5 aromatic rings. The SMILES string of the molecule is C=C1C2=NC3=C=CC(=Nc4[nH]c(c5ccc(C)cc45)NC4N=C(/C=C\1c1cc(C)ccc12)c1cc(C)ccc14)c1cc(C)ccc13. The molecule has 9 rings (SSSR count). The smallest absolute Gasteiger partial charge is 0.147 e. The number of H-pyrrole nitrogens is 1. The molecule has 4 aliphatic rings. The van der Waals surface area contributed by atoms with Crippen LogP contribution in [0.1, 0.15) is 61.8 Å². The summed E-state index contributed by atoms with van der Waals surface area (Å²) in [5, 5.41) is 5.89. The molecule has 0 fully saturated rings. The van der Waals surface area contributed by atoms with Crippen LogP contribution in [0.3, 0.4) is 0 Å². The lowest BCUT2D eigenvalue weighted by molar-refractivity contribution is 0.855. The van der Waals surface area contributed by atoms with E-state index in [0.717, 1.165) is 95.3 Å². The summed E-state index contributed by atoms with van der Waals surface area (Å²) in [5.41, 5.74) is 20.0. The predicted molar refractivity (Wildman–Crippen MR) is 191 cm³/mol. The topological polar surface area (TPSA) is 64.9 Å². The van der Waals surface area contributed by atoms with E-state index < -0.39 is 0 Å². The lowest BCUT2D eigenvalue weighted by atomic mass is 9.94. The van der Waals surface area contributed by atoms with Crippen molar-refractivity contribution in [3.05, 3.63) is 158 Å². The van der Waals surface area contributed by atoms with E-state index in [1.54, 1.807) is 0 Å². The van der Waals surface area contributed by atoms with Gasteiger partial charge < -0.3 is 10.3 Å². The highest BCUT2D eigenvalue weighted by Gasteiger charge is 2.31. The van der Waals surface area contributed by atoms with Gasteiger partial charge in [0.2, 0.25) is 0 Å². The zero-order chi connectivity index (χ0) is 31.3. The van der Waals surface area contributed by atoms with Crippen LogP contribution < -0.4 is 5.32 Å². The van der Waals surface area contributed by atoms with E-state index in [4.69, 9.17) is 15.0 Å². The highest BCUT2D eigenvalue weighted by molar-refractivity contribution is 6.33. The summed E-state index contributed by atoms with van der Waals surface area (Å²) >= 11 is 0. The van der Waals surface area contributed by atoms with Crippen LogP contribution in [0.5, 0.6) is 0 Å². The molecule has 1 atom stereocenters. The fraction of sp³-hybridized carbons (Fsp3) is 0.122. The second-order valence-electron chi connectivity index (χ2n) is 12.8. The molecular weight excluding hydrogens is 562 g/mol. The Morgan fingerprint density at radius 3 is 2.20 bits per heavy atom. The highest BCUT2D eigenvalue weighted by atomic mass is 15.2. The molecule has 4 aromatic carbocycles. The van der Waals surface area contributed by atoms with Gasteiger partial charge in [-0.2, -0.15) is 0 Å². The van der Waals surface area contributed by atoms with Gasteiger partial charge in [0.25, 0.3) is 0 Å². The fourth-order valence-corrected chi connectivity index (χ4v) is 7.05. The van der Waals surface area contributed by atoms with Crippen molar-refractivity contribution in [2.75, 3.05) is 5.32 Å². The second kappa shape index (κ2) is 9.61. The molecular formula is C41H31N5. The van der Waals surface area contributed by atoms with E-state index in [2.05, 4.69) is 129 Å². The number of nitrogens with zero attached hydrogens (tertiary/aromatic N) is 3. The molecule has 0 amide bonds. The Labute approximate surface area is 267 Å². The lowest BCUT2D eigenvalue weighted by Crippen LogP contribution is -2.07. The third kappa shape index (κ3) is 3.99. The molecule has 2 aliphatic heterocycles.